The van der Waals surface area contributed by atoms with Crippen LogP contribution in [0.4, 0.5) is 0 Å². The van der Waals surface area contributed by atoms with Crippen molar-refractivity contribution in [1.82, 2.24) is 4.90 Å². The second-order valence-corrected chi connectivity index (χ2v) is 20.9. The van der Waals surface area contributed by atoms with Crippen molar-refractivity contribution in [2.75, 3.05) is 47.1 Å². The van der Waals surface area contributed by atoms with Crippen molar-refractivity contribution in [2.24, 2.45) is 0 Å². The standard InChI is InChI=1S/C63H121NO6/c1-7-11-15-19-29-37-45-56-66-62(67-57-46-38-30-20-16-12-8-2)53-43-35-27-23-25-33-41-50-60(70-61(65)52-49-55-64(5)6)51-42-34-26-24-28-36-44-54-63(68-58-47-39-31-21-17-13-9-3)69-59-48-40-32-22-18-14-10-4/h37-39,45-47,60,62-63H,7-36,40-44,48-59H2,1-6H3. The molecule has 0 rings (SSSR count). The molecule has 0 spiro atoms. The van der Waals surface area contributed by atoms with Crippen LogP contribution in [0.3, 0.4) is 0 Å². The van der Waals surface area contributed by atoms with Crippen LogP contribution < -0.4 is 0 Å². The summed E-state index contributed by atoms with van der Waals surface area (Å²) in [4.78, 5) is 15.0. The Morgan fingerprint density at radius 2 is 0.700 bits per heavy atom. The summed E-state index contributed by atoms with van der Waals surface area (Å²) in [5.41, 5.74) is 0. The van der Waals surface area contributed by atoms with Crippen LogP contribution in [0.1, 0.15) is 297 Å². The van der Waals surface area contributed by atoms with Crippen LogP contribution in [-0.4, -0.2) is 76.6 Å². The third-order valence-corrected chi connectivity index (χ3v) is 13.6. The summed E-state index contributed by atoms with van der Waals surface area (Å²) in [6, 6.07) is 0. The van der Waals surface area contributed by atoms with Gasteiger partial charge in [-0.3, -0.25) is 4.79 Å². The summed E-state index contributed by atoms with van der Waals surface area (Å²) < 4.78 is 31.0. The zero-order valence-corrected chi connectivity index (χ0v) is 47.8. The lowest BCUT2D eigenvalue weighted by Crippen LogP contribution is -2.20. The first-order valence-electron chi connectivity index (χ1n) is 30.7. The van der Waals surface area contributed by atoms with E-state index in [9.17, 15) is 4.79 Å². The van der Waals surface area contributed by atoms with Crippen LogP contribution in [0.25, 0.3) is 0 Å². The van der Waals surface area contributed by atoms with E-state index in [0.29, 0.717) is 26.2 Å². The molecule has 0 heterocycles. The highest BCUT2D eigenvalue weighted by Gasteiger charge is 2.15. The van der Waals surface area contributed by atoms with Gasteiger partial charge in [-0.15, -0.1) is 0 Å². The zero-order chi connectivity index (χ0) is 50.9. The smallest absolute Gasteiger partial charge is 0.306 e. The molecule has 2 unspecified atom stereocenters. The minimum Gasteiger partial charge on any atom is -0.462 e. The quantitative estimate of drug-likeness (QED) is 0.0260. The van der Waals surface area contributed by atoms with Gasteiger partial charge in [0.15, 0.2) is 12.6 Å². The number of nitrogens with zero attached hydrogens (tertiary/aromatic N) is 1. The maximum Gasteiger partial charge on any atom is 0.306 e. The van der Waals surface area contributed by atoms with Crippen LogP contribution >= 0.6 is 0 Å². The molecule has 0 aromatic rings. The molecule has 2 atom stereocenters. The molecule has 0 bridgehead atoms. The molecular formula is C63H121NO6. The van der Waals surface area contributed by atoms with Gasteiger partial charge in [0.2, 0.25) is 0 Å². The van der Waals surface area contributed by atoms with Gasteiger partial charge >= 0.3 is 5.97 Å². The van der Waals surface area contributed by atoms with Gasteiger partial charge in [-0.05, 0) is 123 Å². The molecule has 7 heteroatoms. The van der Waals surface area contributed by atoms with Gasteiger partial charge in [-0.25, -0.2) is 0 Å². The van der Waals surface area contributed by atoms with Gasteiger partial charge in [0.25, 0.3) is 0 Å². The number of esters is 1. The molecule has 0 radical (unpaired) electrons. The summed E-state index contributed by atoms with van der Waals surface area (Å²) in [7, 11) is 4.13. The Kier molecular flexibility index (Phi) is 57.1. The molecular weight excluding hydrogens is 867 g/mol. The second kappa shape index (κ2) is 58.4. The molecule has 0 aliphatic heterocycles. The average Bonchev–Trinajstić information content (AvgIpc) is 3.35. The first-order valence-corrected chi connectivity index (χ1v) is 30.7. The summed E-state index contributed by atoms with van der Waals surface area (Å²) in [6.45, 7) is 12.7. The second-order valence-electron chi connectivity index (χ2n) is 20.9. The van der Waals surface area contributed by atoms with Crippen LogP contribution in [0.15, 0.2) is 36.5 Å². The lowest BCUT2D eigenvalue weighted by atomic mass is 10.0. The Hall–Kier alpha value is -1.51. The van der Waals surface area contributed by atoms with Crippen LogP contribution in [-0.2, 0) is 28.5 Å². The minimum atomic E-state index is -0.132. The van der Waals surface area contributed by atoms with Crippen LogP contribution in [0, 0.1) is 0 Å². The third kappa shape index (κ3) is 54.3. The molecule has 0 aliphatic carbocycles. The largest absolute Gasteiger partial charge is 0.462 e. The first-order chi connectivity index (χ1) is 34.5. The fraction of sp³-hybridized carbons (Fsp3) is 0.889. The number of hydrogen-bond donors (Lipinski definition) is 0. The number of carbonyl (C=O) groups excluding carboxylic acids is 1. The van der Waals surface area contributed by atoms with Gasteiger partial charge in [0, 0.05) is 13.0 Å². The zero-order valence-electron chi connectivity index (χ0n) is 47.8. The molecule has 0 amide bonds. The highest BCUT2D eigenvalue weighted by molar-refractivity contribution is 5.69. The Morgan fingerprint density at radius 3 is 1.09 bits per heavy atom. The van der Waals surface area contributed by atoms with Gasteiger partial charge in [-0.1, -0.05) is 225 Å². The molecule has 414 valence electrons. The van der Waals surface area contributed by atoms with Crippen molar-refractivity contribution in [2.45, 2.75) is 316 Å². The maximum atomic E-state index is 12.8. The van der Waals surface area contributed by atoms with E-state index in [1.165, 1.54) is 180 Å². The summed E-state index contributed by atoms with van der Waals surface area (Å²) >= 11 is 0. The molecule has 0 aliphatic rings. The van der Waals surface area contributed by atoms with Crippen LogP contribution in [0.5, 0.6) is 0 Å². The number of rotatable bonds is 58. The summed E-state index contributed by atoms with van der Waals surface area (Å²) in [6.07, 6.45) is 63.8. The average molecular weight is 989 g/mol. The molecule has 0 N–H and O–H groups in total. The molecule has 0 fully saturated rings. The Balaban J connectivity index is 4.63. The number of unbranched alkanes of at least 4 members (excludes halogenated alkanes) is 30. The van der Waals surface area contributed by atoms with E-state index in [-0.39, 0.29) is 24.7 Å². The number of hydrogen-bond acceptors (Lipinski definition) is 7. The fourth-order valence-corrected chi connectivity index (χ4v) is 9.00. The monoisotopic (exact) mass is 988 g/mol. The Bertz CT molecular complexity index is 1080. The highest BCUT2D eigenvalue weighted by Crippen LogP contribution is 2.20. The normalized spacial score (nSPS) is 13.5. The Labute approximate surface area is 437 Å². The number of carbonyl (C=O) groups is 1. The molecule has 0 saturated heterocycles. The molecule has 7 nitrogen and oxygen atoms in total. The van der Waals surface area contributed by atoms with E-state index in [0.717, 1.165) is 96.6 Å². The van der Waals surface area contributed by atoms with E-state index in [4.69, 9.17) is 23.7 Å². The van der Waals surface area contributed by atoms with Gasteiger partial charge in [0.05, 0.1) is 19.8 Å². The molecule has 0 aromatic carbocycles. The molecule has 0 aromatic heterocycles. The first kappa shape index (κ1) is 68.5. The van der Waals surface area contributed by atoms with Crippen LogP contribution in [0.2, 0.25) is 0 Å². The van der Waals surface area contributed by atoms with E-state index >= 15 is 0 Å². The van der Waals surface area contributed by atoms with E-state index in [1.807, 2.05) is 0 Å². The summed E-state index contributed by atoms with van der Waals surface area (Å²) in [5.74, 6) is -0.0120. The maximum absolute atomic E-state index is 12.8. The van der Waals surface area contributed by atoms with Crippen molar-refractivity contribution in [3.05, 3.63) is 36.5 Å². The lowest BCUT2D eigenvalue weighted by Gasteiger charge is -2.19. The number of allylic oxidation sites excluding steroid dienone is 3. The van der Waals surface area contributed by atoms with Crippen molar-refractivity contribution in [3.8, 4) is 0 Å². The van der Waals surface area contributed by atoms with Gasteiger partial charge < -0.3 is 28.6 Å². The lowest BCUT2D eigenvalue weighted by molar-refractivity contribution is -0.150. The predicted octanol–water partition coefficient (Wildman–Crippen LogP) is 19.3. The topological polar surface area (TPSA) is 66.5 Å². The number of ether oxygens (including phenoxy) is 5. The third-order valence-electron chi connectivity index (χ3n) is 13.6. The highest BCUT2D eigenvalue weighted by atomic mass is 16.7. The van der Waals surface area contributed by atoms with E-state index in [1.54, 1.807) is 0 Å². The van der Waals surface area contributed by atoms with Crippen molar-refractivity contribution in [3.63, 3.8) is 0 Å². The fourth-order valence-electron chi connectivity index (χ4n) is 9.00. The van der Waals surface area contributed by atoms with Gasteiger partial charge in [-0.2, -0.15) is 0 Å². The van der Waals surface area contributed by atoms with Crippen molar-refractivity contribution < 1.29 is 28.5 Å². The van der Waals surface area contributed by atoms with E-state index < -0.39 is 0 Å². The van der Waals surface area contributed by atoms with Crippen molar-refractivity contribution in [1.29, 1.82) is 0 Å². The van der Waals surface area contributed by atoms with Crippen molar-refractivity contribution >= 4 is 5.97 Å². The molecule has 0 saturated carbocycles. The predicted molar refractivity (Wildman–Crippen MR) is 304 cm³/mol. The van der Waals surface area contributed by atoms with E-state index in [2.05, 4.69) is 83.1 Å². The molecule has 70 heavy (non-hydrogen) atoms. The summed E-state index contributed by atoms with van der Waals surface area (Å²) in [5, 5.41) is 0. The van der Waals surface area contributed by atoms with Gasteiger partial charge in [0.1, 0.15) is 6.10 Å². The SMILES string of the molecule is CCCCCCC=CCOC(CCCCCCCCCC(CCCCCCCCCC(OCC=CCCCCCC)OCCCCCCCCC)OC(=O)CCCN(C)C)OCC=CCCCCCC. The Morgan fingerprint density at radius 1 is 0.371 bits per heavy atom. The minimum absolute atomic E-state index is 0.0120.